The van der Waals surface area contributed by atoms with E-state index in [9.17, 15) is 9.59 Å². The van der Waals surface area contributed by atoms with E-state index in [1.54, 1.807) is 29.9 Å². The molecule has 150 valence electrons. The fourth-order valence-electron chi connectivity index (χ4n) is 3.64. The lowest BCUT2D eigenvalue weighted by atomic mass is 10.2. The van der Waals surface area contributed by atoms with Gasteiger partial charge in [0.15, 0.2) is 5.16 Å². The van der Waals surface area contributed by atoms with E-state index < -0.39 is 0 Å². The van der Waals surface area contributed by atoms with Crippen molar-refractivity contribution in [2.45, 2.75) is 36.9 Å². The molecule has 4 rings (SSSR count). The summed E-state index contributed by atoms with van der Waals surface area (Å²) in [5, 5.41) is 4.13. The van der Waals surface area contributed by atoms with E-state index in [1.165, 1.54) is 24.6 Å². The van der Waals surface area contributed by atoms with E-state index in [2.05, 4.69) is 10.3 Å². The Hall–Kier alpha value is -2.80. The predicted octanol–water partition coefficient (Wildman–Crippen LogP) is 3.55. The second-order valence-corrected chi connectivity index (χ2v) is 8.03. The number of carbonyl (C=O) groups is 1. The summed E-state index contributed by atoms with van der Waals surface area (Å²) in [7, 11) is 1.60. The molecular weight excluding hydrogens is 386 g/mol. The molecule has 7 heteroatoms. The van der Waals surface area contributed by atoms with Crippen molar-refractivity contribution in [1.29, 1.82) is 0 Å². The standard InChI is InChI=1S/C22H23N3O3S/c1-28-17-12-10-16(11-13-17)25-21(27)18-8-4-5-9-19(18)24-22(25)29-14-20(26)23-15-6-2-3-7-15/h4-5,8-13,15H,2-3,6-7,14H2,1H3,(H,23,26). The summed E-state index contributed by atoms with van der Waals surface area (Å²) in [6.07, 6.45) is 4.42. The largest absolute Gasteiger partial charge is 0.497 e. The van der Waals surface area contributed by atoms with Crippen LogP contribution in [0.2, 0.25) is 0 Å². The van der Waals surface area contributed by atoms with Crippen LogP contribution >= 0.6 is 11.8 Å². The summed E-state index contributed by atoms with van der Waals surface area (Å²) < 4.78 is 6.78. The van der Waals surface area contributed by atoms with Crippen LogP contribution in [0, 0.1) is 0 Å². The number of nitrogens with zero attached hydrogens (tertiary/aromatic N) is 2. The van der Waals surface area contributed by atoms with Crippen LogP contribution in [-0.2, 0) is 4.79 Å². The van der Waals surface area contributed by atoms with Crippen LogP contribution < -0.4 is 15.6 Å². The monoisotopic (exact) mass is 409 g/mol. The second kappa shape index (κ2) is 8.69. The molecular formula is C22H23N3O3S. The van der Waals surface area contributed by atoms with Crippen molar-refractivity contribution in [3.63, 3.8) is 0 Å². The van der Waals surface area contributed by atoms with E-state index in [-0.39, 0.29) is 23.3 Å². The fraction of sp³-hybridized carbons (Fsp3) is 0.318. The number of hydrogen-bond donors (Lipinski definition) is 1. The average molecular weight is 410 g/mol. The number of para-hydroxylation sites is 1. The van der Waals surface area contributed by atoms with Crippen LogP contribution in [-0.4, -0.2) is 34.4 Å². The van der Waals surface area contributed by atoms with Gasteiger partial charge in [-0.25, -0.2) is 4.98 Å². The predicted molar refractivity (Wildman–Crippen MR) is 115 cm³/mol. The smallest absolute Gasteiger partial charge is 0.266 e. The summed E-state index contributed by atoms with van der Waals surface area (Å²) in [6.45, 7) is 0. The summed E-state index contributed by atoms with van der Waals surface area (Å²) in [6, 6.07) is 14.8. The molecule has 0 saturated heterocycles. The van der Waals surface area contributed by atoms with Crippen LogP contribution in [0.25, 0.3) is 16.6 Å². The lowest BCUT2D eigenvalue weighted by molar-refractivity contribution is -0.119. The first-order valence-corrected chi connectivity index (χ1v) is 10.7. The van der Waals surface area contributed by atoms with Crippen molar-refractivity contribution >= 4 is 28.6 Å². The van der Waals surface area contributed by atoms with Crippen molar-refractivity contribution < 1.29 is 9.53 Å². The number of methoxy groups -OCH3 is 1. The third-order valence-corrected chi connectivity index (χ3v) is 6.07. The lowest BCUT2D eigenvalue weighted by Crippen LogP contribution is -2.34. The number of amides is 1. The van der Waals surface area contributed by atoms with Crippen molar-refractivity contribution in [3.05, 3.63) is 58.9 Å². The van der Waals surface area contributed by atoms with E-state index in [0.29, 0.717) is 27.5 Å². The molecule has 6 nitrogen and oxygen atoms in total. The number of thioether (sulfide) groups is 1. The first kappa shape index (κ1) is 19.5. The van der Waals surface area contributed by atoms with Gasteiger partial charge in [-0.1, -0.05) is 36.7 Å². The molecule has 1 fully saturated rings. The highest BCUT2D eigenvalue weighted by Gasteiger charge is 2.19. The third kappa shape index (κ3) is 4.29. The van der Waals surface area contributed by atoms with Crippen LogP contribution in [0.1, 0.15) is 25.7 Å². The first-order chi connectivity index (χ1) is 14.2. The SMILES string of the molecule is COc1ccc(-n2c(SCC(=O)NC3CCCC3)nc3ccccc3c2=O)cc1. The zero-order chi connectivity index (χ0) is 20.2. The number of fused-ring (bicyclic) bond motifs is 1. The molecule has 3 aromatic rings. The molecule has 0 atom stereocenters. The Kier molecular flexibility index (Phi) is 5.85. The minimum absolute atomic E-state index is 0.0226. The molecule has 0 spiro atoms. The van der Waals surface area contributed by atoms with Crippen molar-refractivity contribution in [3.8, 4) is 11.4 Å². The molecule has 1 aromatic heterocycles. The van der Waals surface area contributed by atoms with Crippen LogP contribution in [0.4, 0.5) is 0 Å². The van der Waals surface area contributed by atoms with Gasteiger partial charge in [-0.15, -0.1) is 0 Å². The van der Waals surface area contributed by atoms with Gasteiger partial charge < -0.3 is 10.1 Å². The minimum atomic E-state index is -0.153. The summed E-state index contributed by atoms with van der Waals surface area (Å²) in [5.41, 5.74) is 1.16. The van der Waals surface area contributed by atoms with E-state index in [1.807, 2.05) is 30.3 Å². The van der Waals surface area contributed by atoms with Crippen molar-refractivity contribution in [2.24, 2.45) is 0 Å². The quantitative estimate of drug-likeness (QED) is 0.498. The van der Waals surface area contributed by atoms with Crippen LogP contribution in [0.3, 0.4) is 0 Å². The Morgan fingerprint density at radius 2 is 1.90 bits per heavy atom. The molecule has 1 amide bonds. The van der Waals surface area contributed by atoms with Gasteiger partial charge in [-0.3, -0.25) is 14.2 Å². The maximum atomic E-state index is 13.2. The molecule has 0 radical (unpaired) electrons. The zero-order valence-electron chi connectivity index (χ0n) is 16.3. The molecule has 0 bridgehead atoms. The van der Waals surface area contributed by atoms with Gasteiger partial charge in [0, 0.05) is 6.04 Å². The van der Waals surface area contributed by atoms with Gasteiger partial charge in [-0.2, -0.15) is 0 Å². The topological polar surface area (TPSA) is 73.2 Å². The van der Waals surface area contributed by atoms with Gasteiger partial charge in [0.2, 0.25) is 5.91 Å². The molecule has 0 unspecified atom stereocenters. The Labute approximate surface area is 173 Å². The van der Waals surface area contributed by atoms with Gasteiger partial charge in [-0.05, 0) is 49.2 Å². The molecule has 1 saturated carbocycles. The number of carbonyl (C=O) groups excluding carboxylic acids is 1. The Morgan fingerprint density at radius 3 is 2.62 bits per heavy atom. The number of hydrogen-bond acceptors (Lipinski definition) is 5. The summed E-state index contributed by atoms with van der Waals surface area (Å²) >= 11 is 1.28. The van der Waals surface area contributed by atoms with Gasteiger partial charge >= 0.3 is 0 Å². The molecule has 1 aliphatic rings. The second-order valence-electron chi connectivity index (χ2n) is 7.09. The molecule has 1 aliphatic carbocycles. The highest BCUT2D eigenvalue weighted by molar-refractivity contribution is 7.99. The van der Waals surface area contributed by atoms with Crippen LogP contribution in [0.5, 0.6) is 5.75 Å². The highest BCUT2D eigenvalue weighted by Crippen LogP contribution is 2.23. The summed E-state index contributed by atoms with van der Waals surface area (Å²) in [5.74, 6) is 0.906. The zero-order valence-corrected chi connectivity index (χ0v) is 17.1. The van der Waals surface area contributed by atoms with Crippen LogP contribution in [0.15, 0.2) is 58.5 Å². The first-order valence-electron chi connectivity index (χ1n) is 9.74. The van der Waals surface area contributed by atoms with E-state index in [4.69, 9.17) is 4.74 Å². The van der Waals surface area contributed by atoms with Gasteiger partial charge in [0.1, 0.15) is 5.75 Å². The Bertz CT molecular complexity index is 1070. The van der Waals surface area contributed by atoms with Gasteiger partial charge in [0.05, 0.1) is 29.5 Å². The molecule has 1 heterocycles. The van der Waals surface area contributed by atoms with Crippen molar-refractivity contribution in [1.82, 2.24) is 14.9 Å². The van der Waals surface area contributed by atoms with E-state index >= 15 is 0 Å². The van der Waals surface area contributed by atoms with Gasteiger partial charge in [0.25, 0.3) is 5.56 Å². The number of nitrogens with one attached hydrogen (secondary N) is 1. The molecule has 0 aliphatic heterocycles. The number of benzene rings is 2. The normalized spacial score (nSPS) is 14.2. The molecule has 29 heavy (non-hydrogen) atoms. The molecule has 1 N–H and O–H groups in total. The Balaban J connectivity index is 1.67. The number of rotatable bonds is 6. The highest BCUT2D eigenvalue weighted by atomic mass is 32.2. The molecule has 2 aromatic carbocycles. The Morgan fingerprint density at radius 1 is 1.17 bits per heavy atom. The van der Waals surface area contributed by atoms with E-state index in [0.717, 1.165) is 12.8 Å². The van der Waals surface area contributed by atoms with Crippen molar-refractivity contribution in [2.75, 3.05) is 12.9 Å². The third-order valence-electron chi connectivity index (χ3n) is 5.13. The maximum absolute atomic E-state index is 13.2. The maximum Gasteiger partial charge on any atom is 0.266 e. The summed E-state index contributed by atoms with van der Waals surface area (Å²) in [4.78, 5) is 30.3. The fourth-order valence-corrected chi connectivity index (χ4v) is 4.46. The lowest BCUT2D eigenvalue weighted by Gasteiger charge is -2.15. The minimum Gasteiger partial charge on any atom is -0.497 e. The number of aromatic nitrogens is 2. The number of ether oxygens (including phenoxy) is 1. The average Bonchev–Trinajstić information content (AvgIpc) is 3.25.